The Morgan fingerprint density at radius 1 is 1.38 bits per heavy atom. The molecule has 0 aromatic carbocycles. The molecule has 0 saturated carbocycles. The summed E-state index contributed by atoms with van der Waals surface area (Å²) >= 11 is 0. The SMILES string of the molecule is CCCC(CCN)CNS(N)(=O)=O. The molecular formula is C7H19N3O2S. The number of nitrogens with one attached hydrogen (secondary N) is 1. The molecule has 0 bridgehead atoms. The van der Waals surface area contributed by atoms with Crippen LogP contribution < -0.4 is 15.6 Å². The van der Waals surface area contributed by atoms with Gasteiger partial charge in [0.05, 0.1) is 0 Å². The largest absolute Gasteiger partial charge is 0.330 e. The Morgan fingerprint density at radius 3 is 2.38 bits per heavy atom. The molecule has 6 heteroatoms. The minimum Gasteiger partial charge on any atom is -0.330 e. The van der Waals surface area contributed by atoms with E-state index < -0.39 is 10.2 Å². The predicted octanol–water partition coefficient (Wildman–Crippen LogP) is -0.455. The van der Waals surface area contributed by atoms with Crippen LogP contribution in [0.2, 0.25) is 0 Å². The van der Waals surface area contributed by atoms with Crippen molar-refractivity contribution < 1.29 is 8.42 Å². The van der Waals surface area contributed by atoms with Crippen molar-refractivity contribution in [3.63, 3.8) is 0 Å². The number of hydrogen-bond donors (Lipinski definition) is 3. The lowest BCUT2D eigenvalue weighted by Crippen LogP contribution is -2.35. The Labute approximate surface area is 80.1 Å². The van der Waals surface area contributed by atoms with E-state index in [0.29, 0.717) is 19.0 Å². The zero-order valence-corrected chi connectivity index (χ0v) is 8.81. The molecule has 5 nitrogen and oxygen atoms in total. The Morgan fingerprint density at radius 2 is 2.00 bits per heavy atom. The van der Waals surface area contributed by atoms with Crippen molar-refractivity contribution in [3.05, 3.63) is 0 Å². The fourth-order valence-electron chi connectivity index (χ4n) is 1.23. The van der Waals surface area contributed by atoms with Gasteiger partial charge in [0, 0.05) is 6.54 Å². The van der Waals surface area contributed by atoms with Crippen molar-refractivity contribution in [2.24, 2.45) is 16.8 Å². The molecule has 0 aromatic rings. The van der Waals surface area contributed by atoms with Gasteiger partial charge >= 0.3 is 0 Å². The lowest BCUT2D eigenvalue weighted by molar-refractivity contribution is 0.443. The molecule has 0 aliphatic carbocycles. The van der Waals surface area contributed by atoms with Crippen LogP contribution in [-0.4, -0.2) is 21.5 Å². The van der Waals surface area contributed by atoms with Crippen LogP contribution in [0.15, 0.2) is 0 Å². The minimum absolute atomic E-state index is 0.299. The van der Waals surface area contributed by atoms with Crippen molar-refractivity contribution in [2.75, 3.05) is 13.1 Å². The van der Waals surface area contributed by atoms with Crippen LogP contribution >= 0.6 is 0 Å². The number of rotatable bonds is 7. The van der Waals surface area contributed by atoms with Crippen molar-refractivity contribution in [1.29, 1.82) is 0 Å². The monoisotopic (exact) mass is 209 g/mol. The maximum Gasteiger partial charge on any atom is 0.274 e. The normalized spacial score (nSPS) is 14.4. The van der Waals surface area contributed by atoms with Gasteiger partial charge in [-0.15, -0.1) is 0 Å². The predicted molar refractivity (Wildman–Crippen MR) is 53.2 cm³/mol. The minimum atomic E-state index is -3.55. The zero-order valence-electron chi connectivity index (χ0n) is 7.99. The summed E-state index contributed by atoms with van der Waals surface area (Å²) in [6, 6.07) is 0. The molecule has 0 rings (SSSR count). The summed E-state index contributed by atoms with van der Waals surface area (Å²) in [5.41, 5.74) is 5.39. The zero-order chi connectivity index (χ0) is 10.3. The van der Waals surface area contributed by atoms with E-state index in [1.54, 1.807) is 0 Å². The van der Waals surface area contributed by atoms with Crippen LogP contribution in [0, 0.1) is 5.92 Å². The first-order chi connectivity index (χ1) is 5.99. The molecule has 0 radical (unpaired) electrons. The summed E-state index contributed by atoms with van der Waals surface area (Å²) in [5, 5.41) is 4.81. The van der Waals surface area contributed by atoms with Gasteiger partial charge < -0.3 is 5.73 Å². The molecule has 0 aliphatic rings. The summed E-state index contributed by atoms with van der Waals surface area (Å²) in [6.07, 6.45) is 2.83. The second kappa shape index (κ2) is 6.31. The first kappa shape index (κ1) is 12.8. The van der Waals surface area contributed by atoms with E-state index >= 15 is 0 Å². The van der Waals surface area contributed by atoms with Crippen LogP contribution in [0.3, 0.4) is 0 Å². The highest BCUT2D eigenvalue weighted by Crippen LogP contribution is 2.08. The average Bonchev–Trinajstić information content (AvgIpc) is 2.00. The second-order valence-corrected chi connectivity index (χ2v) is 4.50. The number of hydrogen-bond acceptors (Lipinski definition) is 3. The van der Waals surface area contributed by atoms with E-state index in [1.165, 1.54) is 0 Å². The van der Waals surface area contributed by atoms with Gasteiger partial charge in [-0.25, -0.2) is 9.86 Å². The molecule has 0 aromatic heterocycles. The quantitative estimate of drug-likeness (QED) is 0.529. The first-order valence-electron chi connectivity index (χ1n) is 4.47. The summed E-state index contributed by atoms with van der Waals surface area (Å²) in [6.45, 7) is 3.03. The highest BCUT2D eigenvalue weighted by Gasteiger charge is 2.09. The van der Waals surface area contributed by atoms with Gasteiger partial charge in [0.1, 0.15) is 0 Å². The third kappa shape index (κ3) is 8.17. The van der Waals surface area contributed by atoms with Crippen molar-refractivity contribution in [1.82, 2.24) is 4.72 Å². The van der Waals surface area contributed by atoms with Crippen LogP contribution in [-0.2, 0) is 10.2 Å². The molecule has 80 valence electrons. The third-order valence-electron chi connectivity index (χ3n) is 1.85. The van der Waals surface area contributed by atoms with Gasteiger partial charge in [0.25, 0.3) is 10.2 Å². The smallest absolute Gasteiger partial charge is 0.274 e. The number of nitrogens with two attached hydrogens (primary N) is 2. The first-order valence-corrected chi connectivity index (χ1v) is 6.01. The van der Waals surface area contributed by atoms with Crippen LogP contribution in [0.4, 0.5) is 0 Å². The summed E-state index contributed by atoms with van der Waals surface area (Å²) in [7, 11) is -3.55. The van der Waals surface area contributed by atoms with Crippen molar-refractivity contribution in [3.8, 4) is 0 Å². The molecule has 13 heavy (non-hydrogen) atoms. The third-order valence-corrected chi connectivity index (χ3v) is 2.41. The van der Waals surface area contributed by atoms with Gasteiger partial charge in [-0.2, -0.15) is 8.42 Å². The maximum absolute atomic E-state index is 10.6. The van der Waals surface area contributed by atoms with Crippen LogP contribution in [0.5, 0.6) is 0 Å². The van der Waals surface area contributed by atoms with Gasteiger partial charge in [-0.3, -0.25) is 0 Å². The Bertz CT molecular complexity index is 210. The fraction of sp³-hybridized carbons (Fsp3) is 1.00. The molecule has 0 amide bonds. The lowest BCUT2D eigenvalue weighted by Gasteiger charge is -2.14. The van der Waals surface area contributed by atoms with E-state index in [2.05, 4.69) is 11.6 Å². The molecular weight excluding hydrogens is 190 g/mol. The van der Waals surface area contributed by atoms with Crippen LogP contribution in [0.25, 0.3) is 0 Å². The highest BCUT2D eigenvalue weighted by molar-refractivity contribution is 7.87. The molecule has 0 aliphatic heterocycles. The van der Waals surface area contributed by atoms with E-state index in [-0.39, 0.29) is 0 Å². The Balaban J connectivity index is 3.81. The second-order valence-electron chi connectivity index (χ2n) is 3.13. The van der Waals surface area contributed by atoms with E-state index in [1.807, 2.05) is 0 Å². The van der Waals surface area contributed by atoms with Crippen molar-refractivity contribution >= 4 is 10.2 Å². The van der Waals surface area contributed by atoms with Crippen molar-refractivity contribution in [2.45, 2.75) is 26.2 Å². The highest BCUT2D eigenvalue weighted by atomic mass is 32.2. The van der Waals surface area contributed by atoms with Gasteiger partial charge in [0.2, 0.25) is 0 Å². The van der Waals surface area contributed by atoms with E-state index in [0.717, 1.165) is 19.3 Å². The van der Waals surface area contributed by atoms with Gasteiger partial charge in [-0.05, 0) is 25.3 Å². The molecule has 5 N–H and O–H groups in total. The summed E-state index contributed by atoms with van der Waals surface area (Å²) in [5.74, 6) is 0.299. The molecule has 0 fully saturated rings. The summed E-state index contributed by atoms with van der Waals surface area (Å²) in [4.78, 5) is 0. The standard InChI is InChI=1S/C7H19N3O2S/c1-2-3-7(4-5-8)6-10-13(9,11)12/h7,10H,2-6,8H2,1H3,(H2,9,11,12). The Kier molecular flexibility index (Phi) is 6.23. The molecule has 1 atom stereocenters. The van der Waals surface area contributed by atoms with Gasteiger partial charge in [0.15, 0.2) is 0 Å². The molecule has 0 spiro atoms. The van der Waals surface area contributed by atoms with E-state index in [4.69, 9.17) is 10.9 Å². The fourth-order valence-corrected chi connectivity index (χ4v) is 1.69. The Hall–Kier alpha value is -0.170. The van der Waals surface area contributed by atoms with Crippen LogP contribution in [0.1, 0.15) is 26.2 Å². The van der Waals surface area contributed by atoms with E-state index in [9.17, 15) is 8.42 Å². The lowest BCUT2D eigenvalue weighted by atomic mass is 10.0. The van der Waals surface area contributed by atoms with Gasteiger partial charge in [-0.1, -0.05) is 13.3 Å². The summed E-state index contributed by atoms with van der Waals surface area (Å²) < 4.78 is 23.4. The topological polar surface area (TPSA) is 98.2 Å². The average molecular weight is 209 g/mol. The maximum atomic E-state index is 10.6. The molecule has 1 unspecified atom stereocenters. The molecule has 0 saturated heterocycles. The molecule has 0 heterocycles.